The standard InChI is InChI=1S/C12H17N3O6S/c1-8-9(10(16)14-11(17)13-8)22(18,19)15-4-2-12(3-5-15)20-6-7-21-12/h2-7H2,1H3,(H2,13,14,16,17). The smallest absolute Gasteiger partial charge is 0.325 e. The van der Waals surface area contributed by atoms with E-state index in [9.17, 15) is 18.0 Å². The van der Waals surface area contributed by atoms with E-state index in [1.807, 2.05) is 4.98 Å². The van der Waals surface area contributed by atoms with Crippen molar-refractivity contribution in [3.05, 3.63) is 26.5 Å². The van der Waals surface area contributed by atoms with Crippen molar-refractivity contribution in [2.45, 2.75) is 30.4 Å². The van der Waals surface area contributed by atoms with E-state index < -0.39 is 32.0 Å². The molecule has 0 saturated carbocycles. The Morgan fingerprint density at radius 1 is 1.09 bits per heavy atom. The summed E-state index contributed by atoms with van der Waals surface area (Å²) in [5.41, 5.74) is -1.61. The molecular formula is C12H17N3O6S. The highest BCUT2D eigenvalue weighted by Crippen LogP contribution is 2.33. The highest BCUT2D eigenvalue weighted by atomic mass is 32.2. The maximum absolute atomic E-state index is 12.6. The van der Waals surface area contributed by atoms with Gasteiger partial charge in [-0.05, 0) is 6.92 Å². The fourth-order valence-electron chi connectivity index (χ4n) is 2.88. The molecule has 1 aromatic heterocycles. The first kappa shape index (κ1) is 15.4. The summed E-state index contributed by atoms with van der Waals surface area (Å²) >= 11 is 0. The predicted molar refractivity (Wildman–Crippen MR) is 75.0 cm³/mol. The van der Waals surface area contributed by atoms with Gasteiger partial charge in [0.1, 0.15) is 0 Å². The van der Waals surface area contributed by atoms with Crippen LogP contribution in [0.5, 0.6) is 0 Å². The molecule has 1 aromatic rings. The molecule has 1 spiro atoms. The highest BCUT2D eigenvalue weighted by Gasteiger charge is 2.43. The van der Waals surface area contributed by atoms with Crippen LogP contribution in [0.25, 0.3) is 0 Å². The Morgan fingerprint density at radius 2 is 1.68 bits per heavy atom. The lowest BCUT2D eigenvalue weighted by Gasteiger charge is -2.36. The summed E-state index contributed by atoms with van der Waals surface area (Å²) in [6, 6.07) is 0. The molecule has 0 aliphatic carbocycles. The number of nitrogens with one attached hydrogen (secondary N) is 2. The van der Waals surface area contributed by atoms with Gasteiger partial charge in [0.05, 0.1) is 13.2 Å². The van der Waals surface area contributed by atoms with Crippen molar-refractivity contribution in [3.63, 3.8) is 0 Å². The van der Waals surface area contributed by atoms with E-state index in [1.54, 1.807) is 0 Å². The SMILES string of the molecule is Cc1[nH]c(=O)[nH]c(=O)c1S(=O)(=O)N1CCC2(CC1)OCCO2. The van der Waals surface area contributed by atoms with Gasteiger partial charge in [-0.2, -0.15) is 4.31 Å². The van der Waals surface area contributed by atoms with Crippen molar-refractivity contribution in [3.8, 4) is 0 Å². The molecule has 0 unspecified atom stereocenters. The van der Waals surface area contributed by atoms with E-state index in [4.69, 9.17) is 9.47 Å². The fourth-order valence-corrected chi connectivity index (χ4v) is 4.53. The zero-order valence-corrected chi connectivity index (χ0v) is 12.9. The normalized spacial score (nSPS) is 22.2. The Hall–Kier alpha value is -1.49. The average Bonchev–Trinajstić information content (AvgIpc) is 2.86. The van der Waals surface area contributed by atoms with Gasteiger partial charge >= 0.3 is 5.69 Å². The van der Waals surface area contributed by atoms with Crippen LogP contribution in [0.1, 0.15) is 18.5 Å². The highest BCUT2D eigenvalue weighted by molar-refractivity contribution is 7.89. The van der Waals surface area contributed by atoms with Crippen LogP contribution in [0.3, 0.4) is 0 Å². The second-order valence-corrected chi connectivity index (χ2v) is 7.25. The molecule has 0 atom stereocenters. The van der Waals surface area contributed by atoms with Crippen LogP contribution < -0.4 is 11.2 Å². The summed E-state index contributed by atoms with van der Waals surface area (Å²) in [4.78, 5) is 26.9. The molecule has 0 amide bonds. The minimum absolute atomic E-state index is 0.0300. The first-order chi connectivity index (χ1) is 10.3. The number of ether oxygens (including phenoxy) is 2. The first-order valence-corrected chi connectivity index (χ1v) is 8.39. The quantitative estimate of drug-likeness (QED) is 0.709. The summed E-state index contributed by atoms with van der Waals surface area (Å²) in [6.45, 7) is 2.79. The van der Waals surface area contributed by atoms with E-state index in [-0.39, 0.29) is 18.8 Å². The lowest BCUT2D eigenvalue weighted by molar-refractivity contribution is -0.179. The minimum atomic E-state index is -3.98. The third-order valence-corrected chi connectivity index (χ3v) is 6.02. The zero-order valence-electron chi connectivity index (χ0n) is 12.0. The van der Waals surface area contributed by atoms with E-state index >= 15 is 0 Å². The Morgan fingerprint density at radius 3 is 2.23 bits per heavy atom. The van der Waals surface area contributed by atoms with Crippen molar-refractivity contribution < 1.29 is 17.9 Å². The summed E-state index contributed by atoms with van der Waals surface area (Å²) in [6.07, 6.45) is 0.819. The minimum Gasteiger partial charge on any atom is -0.347 e. The van der Waals surface area contributed by atoms with Crippen LogP contribution in [0.2, 0.25) is 0 Å². The average molecular weight is 331 g/mol. The molecule has 0 aromatic carbocycles. The molecule has 10 heteroatoms. The number of sulfonamides is 1. The Labute approximate surface area is 126 Å². The van der Waals surface area contributed by atoms with Gasteiger partial charge in [0.15, 0.2) is 10.7 Å². The zero-order chi connectivity index (χ0) is 16.0. The fraction of sp³-hybridized carbons (Fsp3) is 0.667. The summed E-state index contributed by atoms with van der Waals surface area (Å²) < 4.78 is 37.6. The number of piperidine rings is 1. The molecule has 0 bridgehead atoms. The lowest BCUT2D eigenvalue weighted by atomic mass is 10.1. The third kappa shape index (κ3) is 2.51. The Balaban J connectivity index is 1.89. The number of hydrogen-bond donors (Lipinski definition) is 2. The third-order valence-electron chi connectivity index (χ3n) is 3.97. The molecule has 3 heterocycles. The first-order valence-electron chi connectivity index (χ1n) is 6.95. The van der Waals surface area contributed by atoms with Crippen LogP contribution in [0.15, 0.2) is 14.5 Å². The van der Waals surface area contributed by atoms with Crippen molar-refractivity contribution in [1.29, 1.82) is 0 Å². The Bertz CT molecular complexity index is 780. The second kappa shape index (κ2) is 5.30. The number of rotatable bonds is 2. The number of hydrogen-bond acceptors (Lipinski definition) is 6. The molecule has 2 saturated heterocycles. The Kier molecular flexibility index (Phi) is 3.71. The van der Waals surface area contributed by atoms with Crippen molar-refractivity contribution >= 4 is 10.0 Å². The number of aromatic nitrogens is 2. The largest absolute Gasteiger partial charge is 0.347 e. The van der Waals surface area contributed by atoms with Crippen LogP contribution in [-0.4, -0.2) is 54.8 Å². The maximum Gasteiger partial charge on any atom is 0.325 e. The summed E-state index contributed by atoms with van der Waals surface area (Å²) in [7, 11) is -3.98. The van der Waals surface area contributed by atoms with Crippen molar-refractivity contribution in [1.82, 2.24) is 14.3 Å². The molecule has 2 aliphatic rings. The van der Waals surface area contributed by atoms with Gasteiger partial charge in [0.2, 0.25) is 10.0 Å². The van der Waals surface area contributed by atoms with Crippen LogP contribution in [0.4, 0.5) is 0 Å². The van der Waals surface area contributed by atoms with Gasteiger partial charge in [-0.1, -0.05) is 0 Å². The van der Waals surface area contributed by atoms with E-state index in [1.165, 1.54) is 11.2 Å². The van der Waals surface area contributed by atoms with E-state index in [0.29, 0.717) is 26.1 Å². The van der Waals surface area contributed by atoms with Gasteiger partial charge in [0, 0.05) is 31.6 Å². The number of nitrogens with zero attached hydrogens (tertiary/aromatic N) is 1. The predicted octanol–water partition coefficient (Wildman–Crippen LogP) is -1.10. The van der Waals surface area contributed by atoms with Gasteiger partial charge in [-0.25, -0.2) is 13.2 Å². The van der Waals surface area contributed by atoms with Crippen LogP contribution in [0, 0.1) is 6.92 Å². The van der Waals surface area contributed by atoms with Crippen molar-refractivity contribution in [2.24, 2.45) is 0 Å². The van der Waals surface area contributed by atoms with E-state index in [2.05, 4.69) is 4.98 Å². The number of aryl methyl sites for hydroxylation is 1. The molecule has 2 N–H and O–H groups in total. The van der Waals surface area contributed by atoms with Crippen molar-refractivity contribution in [2.75, 3.05) is 26.3 Å². The van der Waals surface area contributed by atoms with Gasteiger partial charge in [-0.15, -0.1) is 0 Å². The van der Waals surface area contributed by atoms with Crippen LogP contribution in [-0.2, 0) is 19.5 Å². The van der Waals surface area contributed by atoms with Crippen LogP contribution >= 0.6 is 0 Å². The maximum atomic E-state index is 12.6. The second-order valence-electron chi connectivity index (χ2n) is 5.37. The number of H-pyrrole nitrogens is 2. The molecule has 2 fully saturated rings. The molecular weight excluding hydrogens is 314 g/mol. The van der Waals surface area contributed by atoms with Gasteiger partial charge in [0.25, 0.3) is 5.56 Å². The molecule has 0 radical (unpaired) electrons. The van der Waals surface area contributed by atoms with Gasteiger partial charge < -0.3 is 14.5 Å². The van der Waals surface area contributed by atoms with E-state index in [0.717, 1.165) is 0 Å². The lowest BCUT2D eigenvalue weighted by Crippen LogP contribution is -2.48. The molecule has 2 aliphatic heterocycles. The monoisotopic (exact) mass is 331 g/mol. The summed E-state index contributed by atoms with van der Waals surface area (Å²) in [5.74, 6) is -0.696. The number of aromatic amines is 2. The molecule has 122 valence electrons. The topological polar surface area (TPSA) is 122 Å². The molecule has 9 nitrogen and oxygen atoms in total. The summed E-state index contributed by atoms with van der Waals surface area (Å²) in [5, 5.41) is 0. The van der Waals surface area contributed by atoms with Gasteiger partial charge in [-0.3, -0.25) is 9.78 Å². The molecule has 3 rings (SSSR count). The molecule has 22 heavy (non-hydrogen) atoms.